The molecule has 0 aliphatic carbocycles. The van der Waals surface area contributed by atoms with Gasteiger partial charge >= 0.3 is 0 Å². The van der Waals surface area contributed by atoms with Crippen molar-refractivity contribution in [2.24, 2.45) is 0 Å². The molecule has 134 valence electrons. The maximum atomic E-state index is 13.6. The fourth-order valence-corrected chi connectivity index (χ4v) is 2.21. The highest BCUT2D eigenvalue weighted by Crippen LogP contribution is 2.26. The molecule has 26 heavy (non-hydrogen) atoms. The number of benzene rings is 2. The van der Waals surface area contributed by atoms with E-state index in [2.05, 4.69) is 15.6 Å². The Bertz CT molecular complexity index is 895. The summed E-state index contributed by atoms with van der Waals surface area (Å²) in [6.45, 7) is 1.50. The number of nitrogens with one attached hydrogen (secondary N) is 1. The van der Waals surface area contributed by atoms with Gasteiger partial charge in [-0.1, -0.05) is 12.1 Å². The second kappa shape index (κ2) is 7.64. The number of carbonyl (C=O) groups excluding carboxylic acids is 1. The minimum absolute atomic E-state index is 0.0104. The lowest BCUT2D eigenvalue weighted by atomic mass is 10.1. The van der Waals surface area contributed by atoms with Gasteiger partial charge in [-0.15, -0.1) is 0 Å². The van der Waals surface area contributed by atoms with Gasteiger partial charge in [0.25, 0.3) is 5.91 Å². The molecule has 0 aliphatic rings. The highest BCUT2D eigenvalue weighted by molar-refractivity contribution is 5.95. The first kappa shape index (κ1) is 17.4. The molecule has 1 aromatic heterocycles. The van der Waals surface area contributed by atoms with E-state index in [1.165, 1.54) is 25.1 Å². The van der Waals surface area contributed by atoms with Crippen molar-refractivity contribution in [2.75, 3.05) is 12.4 Å². The molecule has 1 amide bonds. The largest absolute Gasteiger partial charge is 0.497 e. The number of para-hydroxylation sites is 1. The summed E-state index contributed by atoms with van der Waals surface area (Å²) in [7, 11) is 1.56. The molecule has 0 radical (unpaired) electrons. The zero-order valence-corrected chi connectivity index (χ0v) is 14.1. The summed E-state index contributed by atoms with van der Waals surface area (Å²) < 4.78 is 28.8. The number of rotatable bonds is 6. The van der Waals surface area contributed by atoms with Crippen LogP contribution in [0.2, 0.25) is 0 Å². The number of hydrogen-bond acceptors (Lipinski definition) is 6. The van der Waals surface area contributed by atoms with E-state index in [1.807, 2.05) is 0 Å². The molecule has 0 saturated heterocycles. The van der Waals surface area contributed by atoms with E-state index < -0.39 is 17.8 Å². The first-order valence-corrected chi connectivity index (χ1v) is 7.77. The van der Waals surface area contributed by atoms with Crippen molar-refractivity contribution in [1.82, 2.24) is 10.3 Å². The molecule has 0 saturated carbocycles. The lowest BCUT2D eigenvalue weighted by Gasteiger charge is -2.14. The van der Waals surface area contributed by atoms with Gasteiger partial charge in [-0.3, -0.25) is 4.79 Å². The van der Waals surface area contributed by atoms with Crippen molar-refractivity contribution < 1.29 is 23.3 Å². The second-order valence-electron chi connectivity index (χ2n) is 5.37. The fourth-order valence-electron chi connectivity index (χ4n) is 2.21. The summed E-state index contributed by atoms with van der Waals surface area (Å²) >= 11 is 0. The lowest BCUT2D eigenvalue weighted by molar-refractivity contribution is -0.122. The third-order valence-corrected chi connectivity index (χ3v) is 3.60. The van der Waals surface area contributed by atoms with E-state index in [0.29, 0.717) is 17.0 Å². The van der Waals surface area contributed by atoms with Crippen LogP contribution in [0.15, 0.2) is 53.2 Å². The number of ether oxygens (including phenoxy) is 2. The van der Waals surface area contributed by atoms with Gasteiger partial charge < -0.3 is 14.8 Å². The number of anilines is 1. The van der Waals surface area contributed by atoms with E-state index in [0.717, 1.165) is 0 Å². The molecule has 1 heterocycles. The van der Waals surface area contributed by atoms with E-state index in [4.69, 9.17) is 14.1 Å². The van der Waals surface area contributed by atoms with Gasteiger partial charge in [0.15, 0.2) is 23.4 Å². The molecule has 7 nitrogen and oxygen atoms in total. The summed E-state index contributed by atoms with van der Waals surface area (Å²) in [5, 5.41) is 10.1. The SMILES string of the molecule is COc1ccc(-c2nonc2NC(=O)[C@H](C)Oc2ccccc2F)cc1. The van der Waals surface area contributed by atoms with Crippen LogP contribution in [-0.2, 0) is 4.79 Å². The lowest BCUT2D eigenvalue weighted by Crippen LogP contribution is -2.30. The maximum Gasteiger partial charge on any atom is 0.266 e. The van der Waals surface area contributed by atoms with Crippen molar-refractivity contribution >= 4 is 11.7 Å². The van der Waals surface area contributed by atoms with E-state index >= 15 is 0 Å². The van der Waals surface area contributed by atoms with Crippen LogP contribution in [-0.4, -0.2) is 29.4 Å². The molecule has 0 fully saturated rings. The van der Waals surface area contributed by atoms with Gasteiger partial charge in [0.05, 0.1) is 7.11 Å². The van der Waals surface area contributed by atoms with E-state index in [-0.39, 0.29) is 11.6 Å². The molecule has 0 bridgehead atoms. The Labute approximate surface area is 148 Å². The van der Waals surface area contributed by atoms with Crippen LogP contribution in [0.5, 0.6) is 11.5 Å². The molecular weight excluding hydrogens is 341 g/mol. The third-order valence-electron chi connectivity index (χ3n) is 3.60. The minimum atomic E-state index is -0.952. The molecule has 3 rings (SSSR count). The van der Waals surface area contributed by atoms with Crippen LogP contribution in [0.4, 0.5) is 10.2 Å². The fraction of sp³-hybridized carbons (Fsp3) is 0.167. The van der Waals surface area contributed by atoms with Crippen molar-refractivity contribution in [1.29, 1.82) is 0 Å². The van der Waals surface area contributed by atoms with Crippen LogP contribution < -0.4 is 14.8 Å². The average Bonchev–Trinajstić information content (AvgIpc) is 3.11. The average molecular weight is 357 g/mol. The molecule has 0 unspecified atom stereocenters. The molecule has 1 N–H and O–H groups in total. The smallest absolute Gasteiger partial charge is 0.266 e. The van der Waals surface area contributed by atoms with Gasteiger partial charge in [-0.05, 0) is 53.6 Å². The number of hydrogen-bond donors (Lipinski definition) is 1. The van der Waals surface area contributed by atoms with Crippen LogP contribution in [0.1, 0.15) is 6.92 Å². The third kappa shape index (κ3) is 3.80. The Balaban J connectivity index is 1.72. The minimum Gasteiger partial charge on any atom is -0.497 e. The molecule has 2 aromatic carbocycles. The predicted octanol–water partition coefficient (Wildman–Crippen LogP) is 3.29. The van der Waals surface area contributed by atoms with Crippen molar-refractivity contribution in [3.05, 3.63) is 54.3 Å². The second-order valence-corrected chi connectivity index (χ2v) is 5.37. The topological polar surface area (TPSA) is 86.5 Å². The van der Waals surface area contributed by atoms with E-state index in [9.17, 15) is 9.18 Å². The zero-order valence-electron chi connectivity index (χ0n) is 14.1. The Morgan fingerprint density at radius 3 is 2.58 bits per heavy atom. The quantitative estimate of drug-likeness (QED) is 0.728. The van der Waals surface area contributed by atoms with Crippen LogP contribution in [0.3, 0.4) is 0 Å². The van der Waals surface area contributed by atoms with Gasteiger partial charge in [0.2, 0.25) is 5.82 Å². The first-order valence-electron chi connectivity index (χ1n) is 7.77. The van der Waals surface area contributed by atoms with Gasteiger partial charge in [-0.25, -0.2) is 9.02 Å². The first-order chi connectivity index (χ1) is 12.6. The Kier molecular flexibility index (Phi) is 5.12. The van der Waals surface area contributed by atoms with Gasteiger partial charge in [-0.2, -0.15) is 0 Å². The number of aromatic nitrogens is 2. The van der Waals surface area contributed by atoms with Crippen molar-refractivity contribution in [3.63, 3.8) is 0 Å². The number of carbonyl (C=O) groups is 1. The molecule has 8 heteroatoms. The number of halogens is 1. The van der Waals surface area contributed by atoms with Gasteiger partial charge in [0.1, 0.15) is 5.75 Å². The number of amides is 1. The highest BCUT2D eigenvalue weighted by Gasteiger charge is 2.21. The monoisotopic (exact) mass is 357 g/mol. The normalized spacial score (nSPS) is 11.7. The molecule has 3 aromatic rings. The summed E-state index contributed by atoms with van der Waals surface area (Å²) in [5.74, 6) is -0.247. The molecular formula is C18H16FN3O4. The van der Waals surface area contributed by atoms with Crippen molar-refractivity contribution in [3.8, 4) is 22.8 Å². The van der Waals surface area contributed by atoms with Crippen LogP contribution in [0, 0.1) is 5.82 Å². The Morgan fingerprint density at radius 2 is 1.88 bits per heavy atom. The van der Waals surface area contributed by atoms with Crippen molar-refractivity contribution in [2.45, 2.75) is 13.0 Å². The maximum absolute atomic E-state index is 13.6. The predicted molar refractivity (Wildman–Crippen MR) is 91.4 cm³/mol. The Hall–Kier alpha value is -3.42. The summed E-state index contributed by atoms with van der Waals surface area (Å²) in [6.07, 6.45) is -0.952. The molecule has 0 aliphatic heterocycles. The van der Waals surface area contributed by atoms with Crippen LogP contribution in [0.25, 0.3) is 11.3 Å². The highest BCUT2D eigenvalue weighted by atomic mass is 19.1. The zero-order chi connectivity index (χ0) is 18.5. The van der Waals surface area contributed by atoms with Gasteiger partial charge in [0, 0.05) is 5.56 Å². The summed E-state index contributed by atoms with van der Waals surface area (Å²) in [5.41, 5.74) is 1.05. The summed E-state index contributed by atoms with van der Waals surface area (Å²) in [6, 6.07) is 12.9. The standard InChI is InChI=1S/C18H16FN3O4/c1-11(25-15-6-4-3-5-14(15)19)18(23)20-17-16(21-26-22-17)12-7-9-13(24-2)10-8-12/h3-11H,1-2H3,(H,20,22,23)/t11-/m0/s1. The number of methoxy groups -OCH3 is 1. The number of nitrogens with zero attached hydrogens (tertiary/aromatic N) is 2. The van der Waals surface area contributed by atoms with E-state index in [1.54, 1.807) is 37.4 Å². The molecule has 0 spiro atoms. The Morgan fingerprint density at radius 1 is 1.15 bits per heavy atom. The molecule has 1 atom stereocenters. The van der Waals surface area contributed by atoms with Crippen LogP contribution >= 0.6 is 0 Å². The summed E-state index contributed by atoms with van der Waals surface area (Å²) in [4.78, 5) is 12.3.